The van der Waals surface area contributed by atoms with Gasteiger partial charge >= 0.3 is 5.51 Å². The summed E-state index contributed by atoms with van der Waals surface area (Å²) in [5, 5.41) is 3.70. The van der Waals surface area contributed by atoms with Crippen LogP contribution in [0.25, 0.3) is 0 Å². The molecule has 0 aliphatic carbocycles. The Bertz CT molecular complexity index is 337. The molecular weight excluding hydrogens is 282 g/mol. The second kappa shape index (κ2) is 5.89. The summed E-state index contributed by atoms with van der Waals surface area (Å²) in [4.78, 5) is 0. The number of hydrogen-bond acceptors (Lipinski definition) is 2. The number of halogens is 5. The minimum atomic E-state index is -4.19. The van der Waals surface area contributed by atoms with Crippen molar-refractivity contribution in [3.05, 3.63) is 28.2 Å². The van der Waals surface area contributed by atoms with E-state index >= 15 is 0 Å². The van der Waals surface area contributed by atoms with Crippen molar-refractivity contribution in [2.45, 2.75) is 5.51 Å². The van der Waals surface area contributed by atoms with Crippen LogP contribution in [0, 0.1) is 0 Å². The third-order valence-corrected chi connectivity index (χ3v) is 2.73. The van der Waals surface area contributed by atoms with E-state index in [1.54, 1.807) is 18.2 Å². The summed E-state index contributed by atoms with van der Waals surface area (Å²) in [5.74, 6) is -0.0619. The molecular formula is C9H8Cl2F3NS. The highest BCUT2D eigenvalue weighted by atomic mass is 35.5. The van der Waals surface area contributed by atoms with Crippen LogP contribution < -0.4 is 5.32 Å². The van der Waals surface area contributed by atoms with Crippen molar-refractivity contribution in [3.63, 3.8) is 0 Å². The lowest BCUT2D eigenvalue weighted by atomic mass is 10.3. The molecule has 0 fully saturated rings. The highest BCUT2D eigenvalue weighted by Crippen LogP contribution is 2.29. The fourth-order valence-electron chi connectivity index (χ4n) is 1.02. The second-order valence-corrected chi connectivity index (χ2v) is 4.91. The van der Waals surface area contributed by atoms with Crippen molar-refractivity contribution in [1.29, 1.82) is 0 Å². The lowest BCUT2D eigenvalue weighted by molar-refractivity contribution is -0.0327. The van der Waals surface area contributed by atoms with Crippen molar-refractivity contribution in [1.82, 2.24) is 0 Å². The molecule has 1 rings (SSSR count). The second-order valence-electron chi connectivity index (χ2n) is 2.88. The maximum atomic E-state index is 11.8. The molecule has 0 aromatic heterocycles. The first-order valence-electron chi connectivity index (χ1n) is 4.27. The van der Waals surface area contributed by atoms with Gasteiger partial charge < -0.3 is 5.32 Å². The SMILES string of the molecule is FC(F)(F)SCCNc1cc(Cl)cc(Cl)c1. The molecule has 1 N–H and O–H groups in total. The molecule has 90 valence electrons. The van der Waals surface area contributed by atoms with Gasteiger partial charge in [-0.05, 0) is 30.0 Å². The molecule has 0 saturated carbocycles. The van der Waals surface area contributed by atoms with E-state index < -0.39 is 5.51 Å². The number of hydrogen-bond donors (Lipinski definition) is 1. The van der Waals surface area contributed by atoms with Gasteiger partial charge in [-0.2, -0.15) is 13.2 Å². The summed E-state index contributed by atoms with van der Waals surface area (Å²) in [5.41, 5.74) is -3.58. The van der Waals surface area contributed by atoms with E-state index in [2.05, 4.69) is 5.32 Å². The van der Waals surface area contributed by atoms with E-state index in [4.69, 9.17) is 23.2 Å². The van der Waals surface area contributed by atoms with Crippen molar-refractivity contribution in [2.75, 3.05) is 17.6 Å². The molecule has 0 amide bonds. The maximum Gasteiger partial charge on any atom is 0.441 e. The lowest BCUT2D eigenvalue weighted by Crippen LogP contribution is -2.09. The molecule has 16 heavy (non-hydrogen) atoms. The fourth-order valence-corrected chi connectivity index (χ4v) is 1.98. The van der Waals surface area contributed by atoms with Gasteiger partial charge in [-0.1, -0.05) is 23.2 Å². The average molecular weight is 290 g/mol. The number of thioether (sulfide) groups is 1. The van der Waals surface area contributed by atoms with Gasteiger partial charge in [0.25, 0.3) is 0 Å². The van der Waals surface area contributed by atoms with Crippen LogP contribution in [-0.2, 0) is 0 Å². The predicted molar refractivity (Wildman–Crippen MR) is 63.5 cm³/mol. The van der Waals surface area contributed by atoms with Gasteiger partial charge in [-0.15, -0.1) is 0 Å². The van der Waals surface area contributed by atoms with Crippen molar-refractivity contribution in [2.24, 2.45) is 0 Å². The molecule has 0 unspecified atom stereocenters. The largest absolute Gasteiger partial charge is 0.441 e. The van der Waals surface area contributed by atoms with E-state index in [-0.39, 0.29) is 24.1 Å². The van der Waals surface area contributed by atoms with Crippen molar-refractivity contribution >= 4 is 40.7 Å². The Morgan fingerprint density at radius 1 is 1.12 bits per heavy atom. The summed E-state index contributed by atoms with van der Waals surface area (Å²) in [6.07, 6.45) is 0. The van der Waals surface area contributed by atoms with Crippen LogP contribution in [0.2, 0.25) is 10.0 Å². The van der Waals surface area contributed by atoms with Gasteiger partial charge in [0.1, 0.15) is 0 Å². The Kier molecular flexibility index (Phi) is 5.08. The van der Waals surface area contributed by atoms with Crippen LogP contribution in [0.5, 0.6) is 0 Å². The smallest absolute Gasteiger partial charge is 0.384 e. The monoisotopic (exact) mass is 289 g/mol. The summed E-state index contributed by atoms with van der Waals surface area (Å²) < 4.78 is 35.4. The Morgan fingerprint density at radius 3 is 2.19 bits per heavy atom. The van der Waals surface area contributed by atoms with Gasteiger partial charge in [0.05, 0.1) is 0 Å². The van der Waals surface area contributed by atoms with Crippen LogP contribution in [0.1, 0.15) is 0 Å². The zero-order valence-corrected chi connectivity index (χ0v) is 10.3. The predicted octanol–water partition coefficient (Wildman–Crippen LogP) is 4.66. The summed E-state index contributed by atoms with van der Waals surface area (Å²) in [7, 11) is 0. The van der Waals surface area contributed by atoms with Crippen LogP contribution in [-0.4, -0.2) is 17.8 Å². The summed E-state index contributed by atoms with van der Waals surface area (Å²) in [6, 6.07) is 4.76. The van der Waals surface area contributed by atoms with E-state index in [1.807, 2.05) is 0 Å². The third kappa shape index (κ3) is 5.72. The molecule has 7 heteroatoms. The molecule has 0 saturated heterocycles. The Hall–Kier alpha value is -0.260. The Morgan fingerprint density at radius 2 is 1.69 bits per heavy atom. The summed E-state index contributed by atoms with van der Waals surface area (Å²) >= 11 is 11.4. The van der Waals surface area contributed by atoms with E-state index in [0.717, 1.165) is 0 Å². The van der Waals surface area contributed by atoms with Gasteiger partial charge in [0.15, 0.2) is 0 Å². The van der Waals surface area contributed by atoms with Crippen LogP contribution in [0.4, 0.5) is 18.9 Å². The van der Waals surface area contributed by atoms with Gasteiger partial charge in [-0.3, -0.25) is 0 Å². The van der Waals surface area contributed by atoms with Gasteiger partial charge in [0, 0.05) is 28.0 Å². The molecule has 1 aromatic rings. The highest BCUT2D eigenvalue weighted by molar-refractivity contribution is 8.00. The van der Waals surface area contributed by atoms with E-state index in [9.17, 15) is 13.2 Å². The normalized spacial score (nSPS) is 11.6. The number of anilines is 1. The molecule has 0 spiro atoms. The van der Waals surface area contributed by atoms with Crippen molar-refractivity contribution in [3.8, 4) is 0 Å². The molecule has 0 radical (unpaired) electrons. The molecule has 0 atom stereocenters. The maximum absolute atomic E-state index is 11.8. The minimum Gasteiger partial charge on any atom is -0.384 e. The first kappa shape index (κ1) is 13.8. The standard InChI is InChI=1S/C9H8Cl2F3NS/c10-6-3-7(11)5-8(4-6)15-1-2-16-9(12,13)14/h3-5,15H,1-2H2. The molecule has 0 aliphatic rings. The average Bonchev–Trinajstić information content (AvgIpc) is 2.09. The first-order valence-corrected chi connectivity index (χ1v) is 6.01. The van der Waals surface area contributed by atoms with Crippen LogP contribution >= 0.6 is 35.0 Å². The highest BCUT2D eigenvalue weighted by Gasteiger charge is 2.27. The minimum absolute atomic E-state index is 0.0619. The van der Waals surface area contributed by atoms with Crippen LogP contribution in [0.15, 0.2) is 18.2 Å². The van der Waals surface area contributed by atoms with E-state index in [1.165, 1.54) is 0 Å². The molecule has 1 aromatic carbocycles. The molecule has 0 bridgehead atoms. The number of rotatable bonds is 4. The number of alkyl halides is 3. The zero-order valence-electron chi connectivity index (χ0n) is 7.94. The first-order chi connectivity index (χ1) is 7.37. The molecule has 0 heterocycles. The topological polar surface area (TPSA) is 12.0 Å². The zero-order chi connectivity index (χ0) is 12.2. The number of nitrogens with one attached hydrogen (secondary N) is 1. The quantitative estimate of drug-likeness (QED) is 0.809. The lowest BCUT2D eigenvalue weighted by Gasteiger charge is -2.08. The van der Waals surface area contributed by atoms with Gasteiger partial charge in [-0.25, -0.2) is 0 Å². The Labute approximate surface area is 105 Å². The molecule has 0 aliphatic heterocycles. The third-order valence-electron chi connectivity index (χ3n) is 1.56. The van der Waals surface area contributed by atoms with Crippen molar-refractivity contribution < 1.29 is 13.2 Å². The van der Waals surface area contributed by atoms with Gasteiger partial charge in [0.2, 0.25) is 0 Å². The fraction of sp³-hybridized carbons (Fsp3) is 0.333. The van der Waals surface area contributed by atoms with E-state index in [0.29, 0.717) is 15.7 Å². The van der Waals surface area contributed by atoms with Crippen LogP contribution in [0.3, 0.4) is 0 Å². The summed E-state index contributed by atoms with van der Waals surface area (Å²) in [6.45, 7) is 0.195. The number of benzene rings is 1. The molecule has 1 nitrogen and oxygen atoms in total. The Balaban J connectivity index is 2.37.